The van der Waals surface area contributed by atoms with Gasteiger partial charge < -0.3 is 14.5 Å². The number of anilines is 3. The Morgan fingerprint density at radius 1 is 0.634 bits per heavy atom. The molecule has 1 aromatic heterocycles. The first-order valence-electron chi connectivity index (χ1n) is 13.1. The maximum Gasteiger partial charge on any atom is 0.100 e. The fourth-order valence-corrected chi connectivity index (χ4v) is 4.98. The second-order valence-electron chi connectivity index (χ2n) is 9.56. The molecule has 1 aliphatic heterocycles. The van der Waals surface area contributed by atoms with Crippen LogP contribution >= 0.6 is 0 Å². The summed E-state index contributed by atoms with van der Waals surface area (Å²) in [6, 6.07) is 47.4. The molecule has 0 spiro atoms. The van der Waals surface area contributed by atoms with Gasteiger partial charge in [0.15, 0.2) is 0 Å². The summed E-state index contributed by atoms with van der Waals surface area (Å²) in [6.07, 6.45) is 2.05. The number of ether oxygens (including phenoxy) is 1. The molecule has 1 aliphatic rings. The molecular formula is C35H25N4OPt-3. The Morgan fingerprint density at radius 2 is 1.22 bits per heavy atom. The van der Waals surface area contributed by atoms with E-state index >= 15 is 0 Å². The number of para-hydroxylation sites is 2. The molecule has 0 atom stereocenters. The molecule has 0 N–H and O–H groups in total. The van der Waals surface area contributed by atoms with Crippen molar-refractivity contribution in [3.63, 3.8) is 0 Å². The molecule has 7 rings (SSSR count). The van der Waals surface area contributed by atoms with Gasteiger partial charge in [-0.2, -0.15) is 23.9 Å². The minimum absolute atomic E-state index is 0. The average molecular weight is 713 g/mol. The number of rotatable bonds is 6. The van der Waals surface area contributed by atoms with E-state index in [-0.39, 0.29) is 21.1 Å². The summed E-state index contributed by atoms with van der Waals surface area (Å²) in [7, 11) is 2.04. The van der Waals surface area contributed by atoms with Crippen LogP contribution in [0.25, 0.3) is 28.1 Å². The Bertz CT molecular complexity index is 1730. The van der Waals surface area contributed by atoms with Crippen molar-refractivity contribution in [1.82, 2.24) is 9.78 Å². The average Bonchev–Trinajstić information content (AvgIpc) is 3.61. The maximum absolute atomic E-state index is 6.26. The van der Waals surface area contributed by atoms with Gasteiger partial charge in [0.1, 0.15) is 5.69 Å². The smallest absolute Gasteiger partial charge is 0.100 e. The van der Waals surface area contributed by atoms with Gasteiger partial charge in [-0.1, -0.05) is 72.8 Å². The molecule has 5 nitrogen and oxygen atoms in total. The first-order chi connectivity index (χ1) is 19.7. The van der Waals surface area contributed by atoms with E-state index in [4.69, 9.17) is 9.84 Å². The number of nitrogens with zero attached hydrogens (tertiary/aromatic N) is 4. The van der Waals surface area contributed by atoms with E-state index in [1.54, 1.807) is 0 Å². The van der Waals surface area contributed by atoms with Crippen LogP contribution in [-0.4, -0.2) is 16.8 Å². The molecule has 5 aromatic carbocycles. The molecule has 0 radical (unpaired) electrons. The summed E-state index contributed by atoms with van der Waals surface area (Å²) in [4.78, 5) is 4.22. The number of benzene rings is 5. The van der Waals surface area contributed by atoms with E-state index in [1.807, 2.05) is 96.7 Å². The Kier molecular flexibility index (Phi) is 7.45. The minimum atomic E-state index is 0. The van der Waals surface area contributed by atoms with E-state index < -0.39 is 0 Å². The number of hydrogen-bond acceptors (Lipinski definition) is 4. The van der Waals surface area contributed by atoms with Gasteiger partial charge >= 0.3 is 0 Å². The maximum atomic E-state index is 6.26. The van der Waals surface area contributed by atoms with Gasteiger partial charge in [0.05, 0.1) is 0 Å². The second kappa shape index (κ2) is 11.5. The van der Waals surface area contributed by atoms with Crippen molar-refractivity contribution in [1.29, 1.82) is 0 Å². The molecule has 0 fully saturated rings. The standard InChI is InChI=1S/C35H25N4O.Pt/c1-37-25-38(34-21-9-8-20-33(34)37)28-16-10-18-30(22-28)40-31-19-11-17-29(23-31)39-24-32(26-12-4-2-5-13-26)35(36-39)27-14-6-3-7-15-27;/h2-21,24-25H,1H3;/q-3;. The Morgan fingerprint density at radius 3 is 1.93 bits per heavy atom. The Hall–Kier alpha value is -4.60. The zero-order chi connectivity index (χ0) is 26.9. The van der Waals surface area contributed by atoms with Crippen LogP contribution in [0.15, 0.2) is 128 Å². The fourth-order valence-electron chi connectivity index (χ4n) is 4.98. The monoisotopic (exact) mass is 712 g/mol. The van der Waals surface area contributed by atoms with Gasteiger partial charge in [0.25, 0.3) is 0 Å². The molecule has 204 valence electrons. The third-order valence-electron chi connectivity index (χ3n) is 6.89. The number of aromatic nitrogens is 2. The van der Waals surface area contributed by atoms with Gasteiger partial charge in [-0.3, -0.25) is 4.68 Å². The molecule has 0 saturated heterocycles. The van der Waals surface area contributed by atoms with Crippen LogP contribution < -0.4 is 14.5 Å². The van der Waals surface area contributed by atoms with Crippen molar-refractivity contribution in [2.75, 3.05) is 16.8 Å². The van der Waals surface area contributed by atoms with Crippen LogP contribution in [0.2, 0.25) is 0 Å². The van der Waals surface area contributed by atoms with Crippen LogP contribution in [0, 0.1) is 18.8 Å². The molecule has 0 unspecified atom stereocenters. The van der Waals surface area contributed by atoms with E-state index in [2.05, 4.69) is 71.2 Å². The zero-order valence-electron chi connectivity index (χ0n) is 22.2. The first-order valence-corrected chi connectivity index (χ1v) is 13.1. The summed E-state index contributed by atoms with van der Waals surface area (Å²) < 4.78 is 8.12. The second-order valence-corrected chi connectivity index (χ2v) is 9.56. The predicted octanol–water partition coefficient (Wildman–Crippen LogP) is 8.30. The topological polar surface area (TPSA) is 33.5 Å². The van der Waals surface area contributed by atoms with Crippen molar-refractivity contribution in [3.05, 3.63) is 146 Å². The molecule has 0 saturated carbocycles. The summed E-state index contributed by atoms with van der Waals surface area (Å²) in [5.41, 5.74) is 8.08. The molecule has 6 aromatic rings. The molecule has 41 heavy (non-hydrogen) atoms. The van der Waals surface area contributed by atoms with Crippen LogP contribution in [0.5, 0.6) is 11.5 Å². The molecule has 0 aliphatic carbocycles. The van der Waals surface area contributed by atoms with Gasteiger partial charge in [-0.05, 0) is 30.4 Å². The quantitative estimate of drug-likeness (QED) is 0.163. The Balaban J connectivity index is 0.00000302. The number of hydrogen-bond donors (Lipinski definition) is 0. The third kappa shape index (κ3) is 5.29. The van der Waals surface area contributed by atoms with Crippen molar-refractivity contribution >= 4 is 17.1 Å². The molecule has 0 amide bonds. The van der Waals surface area contributed by atoms with Gasteiger partial charge in [0.2, 0.25) is 0 Å². The van der Waals surface area contributed by atoms with Gasteiger partial charge in [0, 0.05) is 61.3 Å². The van der Waals surface area contributed by atoms with Crippen molar-refractivity contribution in [2.45, 2.75) is 0 Å². The fraction of sp³-hybridized carbons (Fsp3) is 0.0286. The molecular weight excluding hydrogens is 687 g/mol. The summed E-state index contributed by atoms with van der Waals surface area (Å²) in [5, 5.41) is 4.98. The molecule has 2 heterocycles. The zero-order valence-corrected chi connectivity index (χ0v) is 24.5. The van der Waals surface area contributed by atoms with Gasteiger partial charge in [-0.15, -0.1) is 42.1 Å². The van der Waals surface area contributed by atoms with Crippen LogP contribution in [-0.2, 0) is 21.1 Å². The van der Waals surface area contributed by atoms with Crippen LogP contribution in [0.3, 0.4) is 0 Å². The molecule has 6 heteroatoms. The summed E-state index contributed by atoms with van der Waals surface area (Å²) in [6.45, 7) is 2.05. The predicted molar refractivity (Wildman–Crippen MR) is 160 cm³/mol. The largest absolute Gasteiger partial charge is 0.509 e. The van der Waals surface area contributed by atoms with Crippen molar-refractivity contribution < 1.29 is 25.8 Å². The van der Waals surface area contributed by atoms with Crippen molar-refractivity contribution in [2.24, 2.45) is 0 Å². The summed E-state index contributed by atoms with van der Waals surface area (Å²) in [5.74, 6) is 1.20. The first kappa shape index (κ1) is 26.6. The minimum Gasteiger partial charge on any atom is -0.509 e. The normalized spacial score (nSPS) is 12.1. The summed E-state index contributed by atoms with van der Waals surface area (Å²) >= 11 is 0. The third-order valence-corrected chi connectivity index (χ3v) is 6.89. The number of fused-ring (bicyclic) bond motifs is 1. The van der Waals surface area contributed by atoms with E-state index in [0.717, 1.165) is 45.1 Å². The van der Waals surface area contributed by atoms with Crippen molar-refractivity contribution in [3.8, 4) is 39.6 Å². The van der Waals surface area contributed by atoms with E-state index in [1.165, 1.54) is 0 Å². The molecule has 0 bridgehead atoms. The Labute approximate surface area is 254 Å². The van der Waals surface area contributed by atoms with E-state index in [9.17, 15) is 0 Å². The van der Waals surface area contributed by atoms with Crippen LogP contribution in [0.4, 0.5) is 17.1 Å². The van der Waals surface area contributed by atoms with E-state index in [0.29, 0.717) is 11.5 Å². The van der Waals surface area contributed by atoms with Crippen LogP contribution in [0.1, 0.15) is 0 Å². The van der Waals surface area contributed by atoms with Gasteiger partial charge in [-0.25, -0.2) is 0 Å². The SMILES string of the molecule is CN1[CH-]N(c2[c-]c(Oc3[c-]c(-n4cc(-c5ccccc5)c(-c5ccccc5)n4)ccc3)ccc2)c2ccccc21.[Pt].